The molecule has 8 heteroatoms. The zero-order valence-electron chi connectivity index (χ0n) is 11.2. The fraction of sp³-hybridized carbons (Fsp3) is 0.385. The van der Waals surface area contributed by atoms with Crippen molar-refractivity contribution in [1.82, 2.24) is 15.5 Å². The van der Waals surface area contributed by atoms with Gasteiger partial charge in [-0.2, -0.15) is 13.2 Å². The van der Waals surface area contributed by atoms with E-state index in [0.29, 0.717) is 5.56 Å². The molecule has 0 aromatic heterocycles. The van der Waals surface area contributed by atoms with E-state index in [1.165, 1.54) is 17.0 Å². The maximum Gasteiger partial charge on any atom is 0.416 e. The molecule has 1 heterocycles. The van der Waals surface area contributed by atoms with Gasteiger partial charge in [-0.3, -0.25) is 4.79 Å². The molecule has 21 heavy (non-hydrogen) atoms. The Hall–Kier alpha value is -2.25. The normalized spacial score (nSPS) is 18.6. The maximum atomic E-state index is 12.4. The molecule has 3 amide bonds. The number of nitrogens with zero attached hydrogens (tertiary/aromatic N) is 1. The highest BCUT2D eigenvalue weighted by Crippen LogP contribution is 2.29. The number of alkyl halides is 3. The van der Waals surface area contributed by atoms with Crippen LogP contribution in [0.25, 0.3) is 0 Å². The van der Waals surface area contributed by atoms with E-state index < -0.39 is 17.8 Å². The predicted octanol–water partition coefficient (Wildman–Crippen LogP) is 1.35. The molecule has 0 bridgehead atoms. The van der Waals surface area contributed by atoms with Crippen LogP contribution in [0.3, 0.4) is 0 Å². The molecule has 1 aliphatic heterocycles. The number of nitrogens with one attached hydrogen (secondary N) is 2. The second-order valence-corrected chi connectivity index (χ2v) is 4.80. The summed E-state index contributed by atoms with van der Waals surface area (Å²) < 4.78 is 37.2. The number of rotatable bonds is 3. The summed E-state index contributed by atoms with van der Waals surface area (Å²) in [5.41, 5.74) is -0.184. The molecule has 1 saturated heterocycles. The topological polar surface area (TPSA) is 61.4 Å². The third kappa shape index (κ3) is 3.65. The maximum absolute atomic E-state index is 12.4. The predicted molar refractivity (Wildman–Crippen MR) is 68.2 cm³/mol. The quantitative estimate of drug-likeness (QED) is 0.885. The van der Waals surface area contributed by atoms with E-state index in [9.17, 15) is 22.8 Å². The van der Waals surface area contributed by atoms with Crippen LogP contribution in [-0.4, -0.2) is 36.5 Å². The number of hydrogen-bond donors (Lipinski definition) is 2. The molecule has 0 spiro atoms. The molecular weight excluding hydrogens is 287 g/mol. The summed E-state index contributed by atoms with van der Waals surface area (Å²) in [5.74, 6) is -0.368. The molecule has 2 N–H and O–H groups in total. The van der Waals surface area contributed by atoms with Crippen molar-refractivity contribution in [2.24, 2.45) is 0 Å². The van der Waals surface area contributed by atoms with Crippen LogP contribution in [0.15, 0.2) is 24.3 Å². The largest absolute Gasteiger partial charge is 0.416 e. The van der Waals surface area contributed by atoms with Gasteiger partial charge in [0.05, 0.1) is 12.1 Å². The number of halogens is 3. The highest BCUT2D eigenvalue weighted by molar-refractivity contribution is 5.90. The van der Waals surface area contributed by atoms with E-state index >= 15 is 0 Å². The van der Waals surface area contributed by atoms with Crippen LogP contribution in [0.4, 0.5) is 18.0 Å². The lowest BCUT2D eigenvalue weighted by Gasteiger charge is -2.11. The van der Waals surface area contributed by atoms with E-state index in [4.69, 9.17) is 0 Å². The average Bonchev–Trinajstić information content (AvgIpc) is 2.75. The first-order valence-electron chi connectivity index (χ1n) is 6.23. The van der Waals surface area contributed by atoms with Gasteiger partial charge in [0.1, 0.15) is 6.04 Å². The summed E-state index contributed by atoms with van der Waals surface area (Å²) in [6.45, 7) is 0.366. The SMILES string of the molecule is CN1CC(C(=O)NCc2ccc(C(F)(F)F)cc2)NC1=O. The number of hydrogen-bond acceptors (Lipinski definition) is 2. The Labute approximate surface area is 119 Å². The van der Waals surface area contributed by atoms with E-state index in [-0.39, 0.29) is 25.0 Å². The molecule has 2 rings (SSSR count). The lowest BCUT2D eigenvalue weighted by atomic mass is 10.1. The first-order chi connectivity index (χ1) is 9.77. The van der Waals surface area contributed by atoms with Crippen molar-refractivity contribution in [2.45, 2.75) is 18.8 Å². The Morgan fingerprint density at radius 3 is 2.48 bits per heavy atom. The fourth-order valence-corrected chi connectivity index (χ4v) is 1.93. The molecule has 0 saturated carbocycles. The van der Waals surface area contributed by atoms with Crippen molar-refractivity contribution >= 4 is 11.9 Å². The van der Waals surface area contributed by atoms with E-state index in [1.807, 2.05) is 0 Å². The number of amides is 3. The molecule has 0 radical (unpaired) electrons. The van der Waals surface area contributed by atoms with Crippen LogP contribution in [0.1, 0.15) is 11.1 Å². The highest BCUT2D eigenvalue weighted by Gasteiger charge is 2.31. The molecule has 1 aliphatic rings. The Balaban J connectivity index is 1.89. The van der Waals surface area contributed by atoms with Gasteiger partial charge in [0.2, 0.25) is 5.91 Å². The molecule has 0 aliphatic carbocycles. The Morgan fingerprint density at radius 1 is 1.38 bits per heavy atom. The third-order valence-electron chi connectivity index (χ3n) is 3.17. The van der Waals surface area contributed by atoms with Gasteiger partial charge in [-0.05, 0) is 17.7 Å². The number of urea groups is 1. The van der Waals surface area contributed by atoms with E-state index in [0.717, 1.165) is 12.1 Å². The van der Waals surface area contributed by atoms with Gasteiger partial charge in [0, 0.05) is 13.6 Å². The zero-order valence-corrected chi connectivity index (χ0v) is 11.2. The minimum Gasteiger partial charge on any atom is -0.350 e. The summed E-state index contributed by atoms with van der Waals surface area (Å²) in [5, 5.41) is 5.07. The first-order valence-corrected chi connectivity index (χ1v) is 6.23. The fourth-order valence-electron chi connectivity index (χ4n) is 1.93. The number of carbonyl (C=O) groups excluding carboxylic acids is 2. The van der Waals surface area contributed by atoms with Crippen molar-refractivity contribution < 1.29 is 22.8 Å². The smallest absolute Gasteiger partial charge is 0.350 e. The van der Waals surface area contributed by atoms with Crippen LogP contribution < -0.4 is 10.6 Å². The van der Waals surface area contributed by atoms with Crippen molar-refractivity contribution in [3.05, 3.63) is 35.4 Å². The van der Waals surface area contributed by atoms with Crippen LogP contribution in [0.5, 0.6) is 0 Å². The standard InChI is InChI=1S/C13H14F3N3O2/c1-19-7-10(18-12(19)21)11(20)17-6-8-2-4-9(5-3-8)13(14,15)16/h2-5,10H,6-7H2,1H3,(H,17,20)(H,18,21). The number of benzene rings is 1. The van der Waals surface area contributed by atoms with Crippen molar-refractivity contribution in [3.8, 4) is 0 Å². The van der Waals surface area contributed by atoms with E-state index in [2.05, 4.69) is 10.6 Å². The minimum atomic E-state index is -4.37. The molecule has 1 atom stereocenters. The molecule has 114 valence electrons. The monoisotopic (exact) mass is 301 g/mol. The summed E-state index contributed by atoms with van der Waals surface area (Å²) in [6, 6.07) is 3.58. The second kappa shape index (κ2) is 5.63. The van der Waals surface area contributed by atoms with Gasteiger partial charge in [-0.1, -0.05) is 12.1 Å². The number of carbonyl (C=O) groups is 2. The summed E-state index contributed by atoms with van der Waals surface area (Å²) in [6.07, 6.45) is -4.37. The zero-order chi connectivity index (χ0) is 15.6. The van der Waals surface area contributed by atoms with Gasteiger partial charge in [0.25, 0.3) is 0 Å². The third-order valence-corrected chi connectivity index (χ3v) is 3.17. The highest BCUT2D eigenvalue weighted by atomic mass is 19.4. The van der Waals surface area contributed by atoms with Gasteiger partial charge < -0.3 is 15.5 Å². The van der Waals surface area contributed by atoms with Crippen LogP contribution in [-0.2, 0) is 17.5 Å². The Morgan fingerprint density at radius 2 is 2.00 bits per heavy atom. The van der Waals surface area contributed by atoms with Gasteiger partial charge in [-0.15, -0.1) is 0 Å². The Kier molecular flexibility index (Phi) is 4.06. The van der Waals surface area contributed by atoms with Crippen molar-refractivity contribution in [3.63, 3.8) is 0 Å². The van der Waals surface area contributed by atoms with E-state index in [1.54, 1.807) is 7.05 Å². The molecule has 1 aromatic carbocycles. The van der Waals surface area contributed by atoms with Crippen LogP contribution >= 0.6 is 0 Å². The van der Waals surface area contributed by atoms with Gasteiger partial charge in [0.15, 0.2) is 0 Å². The van der Waals surface area contributed by atoms with Crippen LogP contribution in [0.2, 0.25) is 0 Å². The molecular formula is C13H14F3N3O2. The lowest BCUT2D eigenvalue weighted by Crippen LogP contribution is -2.42. The molecule has 1 unspecified atom stereocenters. The van der Waals surface area contributed by atoms with Gasteiger partial charge >= 0.3 is 12.2 Å². The van der Waals surface area contributed by atoms with Crippen molar-refractivity contribution in [2.75, 3.05) is 13.6 Å². The van der Waals surface area contributed by atoms with Crippen molar-refractivity contribution in [1.29, 1.82) is 0 Å². The number of likely N-dealkylation sites (N-methyl/N-ethyl adjacent to an activating group) is 1. The van der Waals surface area contributed by atoms with Gasteiger partial charge in [-0.25, -0.2) is 4.79 Å². The Bertz CT molecular complexity index is 543. The second-order valence-electron chi connectivity index (χ2n) is 4.80. The molecule has 1 fully saturated rings. The molecule has 5 nitrogen and oxygen atoms in total. The summed E-state index contributed by atoms with van der Waals surface area (Å²) in [7, 11) is 1.57. The molecule has 1 aromatic rings. The first kappa shape index (κ1) is 15.1. The average molecular weight is 301 g/mol. The minimum absolute atomic E-state index is 0.104. The lowest BCUT2D eigenvalue weighted by molar-refractivity contribution is -0.137. The summed E-state index contributed by atoms with van der Waals surface area (Å²) in [4.78, 5) is 24.4. The summed E-state index contributed by atoms with van der Waals surface area (Å²) >= 11 is 0. The van der Waals surface area contributed by atoms with Crippen LogP contribution in [0, 0.1) is 0 Å².